The molecule has 4 atom stereocenters. The number of nitrogens with zero attached hydrogens (tertiary/aromatic N) is 1. The molecule has 35 heavy (non-hydrogen) atoms. The van der Waals surface area contributed by atoms with E-state index >= 15 is 0 Å². The van der Waals surface area contributed by atoms with Gasteiger partial charge in [0.1, 0.15) is 0 Å². The average Bonchev–Trinajstić information content (AvgIpc) is 3.56. The molecular weight excluding hydrogens is 444 g/mol. The fraction of sp³-hybridized carbons (Fsp3) is 0.286. The molecular formula is C28H24N2O5. The van der Waals surface area contributed by atoms with Crippen LogP contribution in [-0.4, -0.2) is 30.3 Å². The third-order valence-electron chi connectivity index (χ3n) is 7.69. The van der Waals surface area contributed by atoms with Crippen LogP contribution in [0.4, 0.5) is 11.4 Å². The fourth-order valence-corrected chi connectivity index (χ4v) is 6.14. The molecule has 0 spiro atoms. The van der Waals surface area contributed by atoms with Gasteiger partial charge in [0, 0.05) is 11.1 Å². The van der Waals surface area contributed by atoms with E-state index < -0.39 is 18.5 Å². The molecule has 3 fully saturated rings. The summed E-state index contributed by atoms with van der Waals surface area (Å²) in [7, 11) is 0. The summed E-state index contributed by atoms with van der Waals surface area (Å²) in [5, 5.41) is 4.67. The molecule has 176 valence electrons. The van der Waals surface area contributed by atoms with Crippen LogP contribution in [0.15, 0.2) is 66.7 Å². The van der Waals surface area contributed by atoms with Gasteiger partial charge >= 0.3 is 5.97 Å². The summed E-state index contributed by atoms with van der Waals surface area (Å²) in [6.07, 6.45) is 3.04. The van der Waals surface area contributed by atoms with Crippen molar-refractivity contribution in [1.82, 2.24) is 0 Å². The van der Waals surface area contributed by atoms with E-state index in [0.29, 0.717) is 23.2 Å². The molecule has 0 unspecified atom stereocenters. The van der Waals surface area contributed by atoms with Crippen molar-refractivity contribution in [2.75, 3.05) is 16.8 Å². The Morgan fingerprint density at radius 2 is 1.51 bits per heavy atom. The number of carbonyl (C=O) groups excluding carboxylic acids is 4. The SMILES string of the molecule is O=C(COC(=O)c1ccc(N2C(=O)[C@@H]3[C@H]4CC[C@@H](C4)[C@H]3C2=O)cc1)Nc1cccc2ccccc12. The number of carbonyl (C=O) groups is 4. The smallest absolute Gasteiger partial charge is 0.338 e. The van der Waals surface area contributed by atoms with E-state index in [2.05, 4.69) is 5.32 Å². The third kappa shape index (κ3) is 3.58. The highest BCUT2D eigenvalue weighted by Crippen LogP contribution is 2.56. The van der Waals surface area contributed by atoms with Gasteiger partial charge in [-0.2, -0.15) is 0 Å². The number of hydrogen-bond donors (Lipinski definition) is 1. The lowest BCUT2D eigenvalue weighted by Crippen LogP contribution is -2.32. The second-order valence-corrected chi connectivity index (χ2v) is 9.59. The molecule has 1 heterocycles. The van der Waals surface area contributed by atoms with Gasteiger partial charge in [-0.25, -0.2) is 4.79 Å². The van der Waals surface area contributed by atoms with Crippen LogP contribution < -0.4 is 10.2 Å². The van der Waals surface area contributed by atoms with Crippen molar-refractivity contribution in [3.05, 3.63) is 72.3 Å². The van der Waals surface area contributed by atoms with Crippen molar-refractivity contribution in [2.24, 2.45) is 23.7 Å². The van der Waals surface area contributed by atoms with E-state index in [9.17, 15) is 19.2 Å². The molecule has 7 heteroatoms. The molecule has 7 nitrogen and oxygen atoms in total. The highest BCUT2D eigenvalue weighted by molar-refractivity contribution is 6.22. The van der Waals surface area contributed by atoms with Gasteiger partial charge in [0.25, 0.3) is 5.91 Å². The maximum absolute atomic E-state index is 13.0. The molecule has 2 bridgehead atoms. The first-order valence-electron chi connectivity index (χ1n) is 11.9. The van der Waals surface area contributed by atoms with Gasteiger partial charge in [-0.3, -0.25) is 19.3 Å². The number of amides is 3. The molecule has 0 radical (unpaired) electrons. The normalized spacial score (nSPS) is 24.6. The van der Waals surface area contributed by atoms with Crippen molar-refractivity contribution in [1.29, 1.82) is 0 Å². The summed E-state index contributed by atoms with van der Waals surface area (Å²) in [6, 6.07) is 19.5. The first kappa shape index (κ1) is 21.5. The second-order valence-electron chi connectivity index (χ2n) is 9.59. The third-order valence-corrected chi connectivity index (χ3v) is 7.69. The standard InChI is InChI=1S/C28H24N2O5/c31-23(29-22-7-3-5-16-4-1-2-6-21(16)22)15-35-28(34)17-10-12-20(13-11-17)30-26(32)24-18-8-9-19(14-18)25(24)27(30)33/h1-7,10-13,18-19,24-25H,8-9,14-15H2,(H,29,31)/t18-,19-,24+,25+/m0/s1. The number of nitrogens with one attached hydrogen (secondary N) is 1. The Balaban J connectivity index is 1.09. The van der Waals surface area contributed by atoms with Crippen LogP contribution in [-0.2, 0) is 19.1 Å². The number of hydrogen-bond acceptors (Lipinski definition) is 5. The minimum Gasteiger partial charge on any atom is -0.452 e. The minimum absolute atomic E-state index is 0.118. The summed E-state index contributed by atoms with van der Waals surface area (Å²) in [6.45, 7) is -0.432. The zero-order valence-corrected chi connectivity index (χ0v) is 19.0. The molecule has 1 saturated heterocycles. The van der Waals surface area contributed by atoms with E-state index in [-0.39, 0.29) is 29.2 Å². The molecule has 3 aromatic carbocycles. The lowest BCUT2D eigenvalue weighted by molar-refractivity contribution is -0.123. The fourth-order valence-electron chi connectivity index (χ4n) is 6.14. The molecule has 1 aliphatic heterocycles. The Hall–Kier alpha value is -4.00. The number of rotatable bonds is 5. The van der Waals surface area contributed by atoms with Crippen molar-refractivity contribution >= 4 is 45.8 Å². The van der Waals surface area contributed by atoms with Gasteiger partial charge in [0.2, 0.25) is 11.8 Å². The summed E-state index contributed by atoms with van der Waals surface area (Å²) in [5.74, 6) is -1.07. The molecule has 2 aliphatic carbocycles. The van der Waals surface area contributed by atoms with E-state index in [1.165, 1.54) is 17.0 Å². The quantitative estimate of drug-likeness (QED) is 0.448. The zero-order valence-electron chi connectivity index (χ0n) is 19.0. The van der Waals surface area contributed by atoms with Gasteiger partial charge in [-0.15, -0.1) is 0 Å². The predicted molar refractivity (Wildman–Crippen MR) is 130 cm³/mol. The van der Waals surface area contributed by atoms with E-state index in [4.69, 9.17) is 4.74 Å². The molecule has 1 N–H and O–H groups in total. The topological polar surface area (TPSA) is 92.8 Å². The molecule has 2 saturated carbocycles. The number of anilines is 2. The van der Waals surface area contributed by atoms with E-state index in [1.54, 1.807) is 18.2 Å². The first-order valence-corrected chi connectivity index (χ1v) is 11.9. The summed E-state index contributed by atoms with van der Waals surface area (Å²) < 4.78 is 5.18. The molecule has 3 amide bonds. The van der Waals surface area contributed by atoms with Crippen molar-refractivity contribution < 1.29 is 23.9 Å². The van der Waals surface area contributed by atoms with Crippen LogP contribution in [0.3, 0.4) is 0 Å². The highest BCUT2D eigenvalue weighted by atomic mass is 16.5. The van der Waals surface area contributed by atoms with Gasteiger partial charge in [0.05, 0.1) is 23.1 Å². The molecule has 3 aromatic rings. The van der Waals surface area contributed by atoms with Gasteiger partial charge in [-0.05, 0) is 66.8 Å². The lowest BCUT2D eigenvalue weighted by Gasteiger charge is -2.19. The lowest BCUT2D eigenvalue weighted by atomic mass is 9.81. The number of benzene rings is 3. The zero-order chi connectivity index (χ0) is 24.1. The van der Waals surface area contributed by atoms with Crippen molar-refractivity contribution in [3.8, 4) is 0 Å². The maximum atomic E-state index is 13.0. The van der Waals surface area contributed by atoms with Crippen LogP contribution in [0.1, 0.15) is 29.6 Å². The average molecular weight is 469 g/mol. The molecule has 0 aromatic heterocycles. The first-order chi connectivity index (χ1) is 17.0. The summed E-state index contributed by atoms with van der Waals surface area (Å²) in [5.41, 5.74) is 1.36. The van der Waals surface area contributed by atoms with Crippen LogP contribution >= 0.6 is 0 Å². The van der Waals surface area contributed by atoms with Crippen LogP contribution in [0.25, 0.3) is 10.8 Å². The summed E-state index contributed by atoms with van der Waals surface area (Å²) in [4.78, 5) is 52.1. The van der Waals surface area contributed by atoms with Crippen LogP contribution in [0.2, 0.25) is 0 Å². The monoisotopic (exact) mass is 468 g/mol. The Labute approximate surface area is 202 Å². The Kier molecular flexibility index (Phi) is 5.13. The number of esters is 1. The van der Waals surface area contributed by atoms with Gasteiger partial charge < -0.3 is 10.1 Å². The van der Waals surface area contributed by atoms with Crippen molar-refractivity contribution in [3.63, 3.8) is 0 Å². The Morgan fingerprint density at radius 3 is 2.23 bits per heavy atom. The predicted octanol–water partition coefficient (Wildman–Crippen LogP) is 4.17. The van der Waals surface area contributed by atoms with Gasteiger partial charge in [0.15, 0.2) is 6.61 Å². The maximum Gasteiger partial charge on any atom is 0.338 e. The van der Waals surface area contributed by atoms with Crippen molar-refractivity contribution in [2.45, 2.75) is 19.3 Å². The second kappa shape index (κ2) is 8.34. The number of ether oxygens (including phenoxy) is 1. The Morgan fingerprint density at radius 1 is 0.857 bits per heavy atom. The van der Waals surface area contributed by atoms with E-state index in [0.717, 1.165) is 30.0 Å². The van der Waals surface area contributed by atoms with Gasteiger partial charge in [-0.1, -0.05) is 36.4 Å². The van der Waals surface area contributed by atoms with Crippen LogP contribution in [0.5, 0.6) is 0 Å². The minimum atomic E-state index is -0.654. The number of fused-ring (bicyclic) bond motifs is 6. The highest BCUT2D eigenvalue weighted by Gasteiger charge is 2.61. The largest absolute Gasteiger partial charge is 0.452 e. The summed E-state index contributed by atoms with van der Waals surface area (Å²) >= 11 is 0. The van der Waals surface area contributed by atoms with Crippen LogP contribution in [0, 0.1) is 23.7 Å². The molecule has 3 aliphatic rings. The Bertz CT molecular complexity index is 1330. The number of imide groups is 1. The molecule has 6 rings (SSSR count). The van der Waals surface area contributed by atoms with E-state index in [1.807, 2.05) is 36.4 Å².